The van der Waals surface area contributed by atoms with E-state index >= 15 is 0 Å². The highest BCUT2D eigenvalue weighted by atomic mass is 16.5. The predicted molar refractivity (Wildman–Crippen MR) is 121 cm³/mol. The van der Waals surface area contributed by atoms with E-state index in [1.165, 1.54) is 26.4 Å². The first-order valence-electron chi connectivity index (χ1n) is 10.7. The van der Waals surface area contributed by atoms with Crippen molar-refractivity contribution in [2.75, 3.05) is 27.4 Å². The summed E-state index contributed by atoms with van der Waals surface area (Å²) >= 11 is 0. The molecule has 0 radical (unpaired) electrons. The molecule has 2 aromatic rings. The summed E-state index contributed by atoms with van der Waals surface area (Å²) in [6.07, 6.45) is -0.136. The third-order valence-electron chi connectivity index (χ3n) is 5.33. The van der Waals surface area contributed by atoms with Crippen molar-refractivity contribution in [2.45, 2.75) is 19.4 Å². The Bertz CT molecular complexity index is 1040. The summed E-state index contributed by atoms with van der Waals surface area (Å²) in [4.78, 5) is 49.5. The number of rotatable bonds is 9. The maximum Gasteiger partial charge on any atom is 0.311 e. The second kappa shape index (κ2) is 11.2. The van der Waals surface area contributed by atoms with E-state index < -0.39 is 36.2 Å². The molecule has 1 heterocycles. The molecule has 10 heteroatoms. The van der Waals surface area contributed by atoms with Crippen LogP contribution in [0.4, 0.5) is 0 Å². The molecule has 180 valence electrons. The molecule has 0 unspecified atom stereocenters. The fraction of sp³-hybridized carbons (Fsp3) is 0.333. The second-order valence-corrected chi connectivity index (χ2v) is 7.76. The van der Waals surface area contributed by atoms with Gasteiger partial charge in [-0.05, 0) is 24.6 Å². The Hall–Kier alpha value is -4.08. The molecular formula is C24H27N3O7. The van der Waals surface area contributed by atoms with Crippen LogP contribution < -0.4 is 20.2 Å². The van der Waals surface area contributed by atoms with Crippen molar-refractivity contribution in [3.8, 4) is 11.5 Å². The van der Waals surface area contributed by atoms with Crippen LogP contribution >= 0.6 is 0 Å². The number of carbonyl (C=O) groups excluding carboxylic acids is 4. The summed E-state index contributed by atoms with van der Waals surface area (Å²) in [7, 11) is 2.92. The minimum absolute atomic E-state index is 0.0629. The summed E-state index contributed by atoms with van der Waals surface area (Å²) in [5.41, 5.74) is 3.63. The highest BCUT2D eigenvalue weighted by Crippen LogP contribution is 2.23. The number of hydrogen-bond donors (Lipinski definition) is 2. The van der Waals surface area contributed by atoms with Crippen LogP contribution in [0.15, 0.2) is 48.5 Å². The van der Waals surface area contributed by atoms with Crippen molar-refractivity contribution < 1.29 is 33.4 Å². The molecule has 0 aromatic heterocycles. The van der Waals surface area contributed by atoms with Crippen molar-refractivity contribution in [2.24, 2.45) is 5.92 Å². The van der Waals surface area contributed by atoms with Crippen LogP contribution in [-0.4, -0.2) is 56.1 Å². The minimum atomic E-state index is -0.799. The van der Waals surface area contributed by atoms with Crippen LogP contribution in [0.25, 0.3) is 0 Å². The van der Waals surface area contributed by atoms with E-state index in [4.69, 9.17) is 14.2 Å². The number of benzene rings is 2. The van der Waals surface area contributed by atoms with Gasteiger partial charge in [-0.1, -0.05) is 30.3 Å². The average molecular weight is 469 g/mol. The lowest BCUT2D eigenvalue weighted by Crippen LogP contribution is -2.43. The molecular weight excluding hydrogens is 442 g/mol. The number of hydrazine groups is 1. The van der Waals surface area contributed by atoms with E-state index in [2.05, 4.69) is 10.7 Å². The van der Waals surface area contributed by atoms with Gasteiger partial charge in [0, 0.05) is 18.1 Å². The zero-order valence-corrected chi connectivity index (χ0v) is 19.2. The Morgan fingerprint density at radius 2 is 1.71 bits per heavy atom. The SMILES string of the molecule is COc1cc(OC)cc(C(=O)NN2C[C@H](C(=O)OCC(=O)N[C@H](C)c3ccccc3)CC2=O)c1. The first-order valence-corrected chi connectivity index (χ1v) is 10.7. The standard InChI is InChI=1S/C24H27N3O7/c1-15(16-7-5-4-6-8-16)25-21(28)14-34-24(31)18-11-22(29)27(13-18)26-23(30)17-9-19(32-2)12-20(10-17)33-3/h4-10,12,15,18H,11,13-14H2,1-3H3,(H,25,28)(H,26,30)/t15-,18-/m1/s1. The van der Waals surface area contributed by atoms with Crippen molar-refractivity contribution in [3.63, 3.8) is 0 Å². The quantitative estimate of drug-likeness (QED) is 0.535. The first kappa shape index (κ1) is 24.6. The molecule has 0 saturated carbocycles. The Kier molecular flexibility index (Phi) is 8.07. The predicted octanol–water partition coefficient (Wildman–Crippen LogP) is 1.62. The average Bonchev–Trinajstić information content (AvgIpc) is 3.22. The van der Waals surface area contributed by atoms with Gasteiger partial charge in [-0.2, -0.15) is 0 Å². The van der Waals surface area contributed by atoms with Gasteiger partial charge >= 0.3 is 5.97 Å². The van der Waals surface area contributed by atoms with Crippen LogP contribution in [0.3, 0.4) is 0 Å². The normalized spacial score (nSPS) is 15.9. The zero-order valence-electron chi connectivity index (χ0n) is 19.2. The van der Waals surface area contributed by atoms with E-state index in [1.54, 1.807) is 6.07 Å². The summed E-state index contributed by atoms with van der Waals surface area (Å²) in [6.45, 7) is 1.30. The Morgan fingerprint density at radius 1 is 1.06 bits per heavy atom. The number of carbonyl (C=O) groups is 4. The fourth-order valence-electron chi connectivity index (χ4n) is 3.46. The molecule has 10 nitrogen and oxygen atoms in total. The Labute approximate surface area is 197 Å². The molecule has 1 aliphatic heterocycles. The first-order chi connectivity index (χ1) is 16.3. The van der Waals surface area contributed by atoms with Gasteiger partial charge in [-0.25, -0.2) is 0 Å². The van der Waals surface area contributed by atoms with E-state index in [0.717, 1.165) is 10.6 Å². The third kappa shape index (κ3) is 6.25. The summed E-state index contributed by atoms with van der Waals surface area (Å²) in [5, 5.41) is 3.82. The smallest absolute Gasteiger partial charge is 0.311 e. The van der Waals surface area contributed by atoms with Gasteiger partial charge in [0.2, 0.25) is 5.91 Å². The number of ether oxygens (including phenoxy) is 3. The topological polar surface area (TPSA) is 123 Å². The highest BCUT2D eigenvalue weighted by molar-refractivity contribution is 5.97. The summed E-state index contributed by atoms with van der Waals surface area (Å²) < 4.78 is 15.4. The van der Waals surface area contributed by atoms with Gasteiger partial charge in [0.1, 0.15) is 11.5 Å². The lowest BCUT2D eigenvalue weighted by Gasteiger charge is -2.18. The van der Waals surface area contributed by atoms with Crippen LogP contribution in [0.2, 0.25) is 0 Å². The van der Waals surface area contributed by atoms with E-state index in [9.17, 15) is 19.2 Å². The molecule has 3 rings (SSSR count). The van der Waals surface area contributed by atoms with Gasteiger partial charge in [0.15, 0.2) is 6.61 Å². The van der Waals surface area contributed by atoms with E-state index in [-0.39, 0.29) is 24.6 Å². The van der Waals surface area contributed by atoms with Crippen molar-refractivity contribution in [3.05, 3.63) is 59.7 Å². The van der Waals surface area contributed by atoms with E-state index in [0.29, 0.717) is 11.5 Å². The van der Waals surface area contributed by atoms with Gasteiger partial charge < -0.3 is 19.5 Å². The zero-order chi connectivity index (χ0) is 24.7. The Balaban J connectivity index is 1.50. The molecule has 2 N–H and O–H groups in total. The van der Waals surface area contributed by atoms with Gasteiger partial charge in [-0.15, -0.1) is 0 Å². The molecule has 2 atom stereocenters. The molecule has 2 aromatic carbocycles. The van der Waals surface area contributed by atoms with Crippen LogP contribution in [-0.2, 0) is 19.1 Å². The van der Waals surface area contributed by atoms with Crippen molar-refractivity contribution in [1.82, 2.24) is 15.8 Å². The second-order valence-electron chi connectivity index (χ2n) is 7.76. The summed E-state index contributed by atoms with van der Waals surface area (Å²) in [6, 6.07) is 13.7. The van der Waals surface area contributed by atoms with Gasteiger partial charge in [-0.3, -0.25) is 29.6 Å². The molecule has 1 aliphatic rings. The third-order valence-corrected chi connectivity index (χ3v) is 5.33. The number of esters is 1. The molecule has 34 heavy (non-hydrogen) atoms. The molecule has 3 amide bonds. The van der Waals surface area contributed by atoms with Gasteiger partial charge in [0.25, 0.3) is 11.8 Å². The van der Waals surface area contributed by atoms with Crippen LogP contribution in [0.5, 0.6) is 11.5 Å². The molecule has 0 spiro atoms. The number of nitrogens with one attached hydrogen (secondary N) is 2. The maximum absolute atomic E-state index is 12.6. The number of hydrogen-bond acceptors (Lipinski definition) is 7. The monoisotopic (exact) mass is 469 g/mol. The van der Waals surface area contributed by atoms with Crippen molar-refractivity contribution in [1.29, 1.82) is 0 Å². The van der Waals surface area contributed by atoms with Crippen molar-refractivity contribution >= 4 is 23.7 Å². The lowest BCUT2D eigenvalue weighted by molar-refractivity contribution is -0.152. The molecule has 0 aliphatic carbocycles. The maximum atomic E-state index is 12.6. The molecule has 0 bridgehead atoms. The molecule has 1 saturated heterocycles. The minimum Gasteiger partial charge on any atom is -0.497 e. The van der Waals surface area contributed by atoms with Gasteiger partial charge in [0.05, 0.1) is 32.7 Å². The number of amides is 3. The number of nitrogens with zero attached hydrogens (tertiary/aromatic N) is 1. The fourth-order valence-corrected chi connectivity index (χ4v) is 3.46. The summed E-state index contributed by atoms with van der Waals surface area (Å²) in [5.74, 6) is -2.10. The lowest BCUT2D eigenvalue weighted by atomic mass is 10.1. The van der Waals surface area contributed by atoms with Crippen LogP contribution in [0.1, 0.15) is 35.3 Å². The Morgan fingerprint density at radius 3 is 2.32 bits per heavy atom. The number of methoxy groups -OCH3 is 2. The van der Waals surface area contributed by atoms with Crippen LogP contribution in [0, 0.1) is 5.92 Å². The molecule has 1 fully saturated rings. The van der Waals surface area contributed by atoms with E-state index in [1.807, 2.05) is 37.3 Å². The highest BCUT2D eigenvalue weighted by Gasteiger charge is 2.37. The largest absolute Gasteiger partial charge is 0.497 e.